The number of piperazine rings is 1. The minimum atomic E-state index is -3.66. The summed E-state index contributed by atoms with van der Waals surface area (Å²) in [7, 11) is -3.66. The molecule has 22 heavy (non-hydrogen) atoms. The molecule has 120 valence electrons. The molecular weight excluding hydrogens is 311 g/mol. The van der Waals surface area contributed by atoms with Crippen molar-refractivity contribution in [2.75, 3.05) is 18.8 Å². The minimum absolute atomic E-state index is 0.0221. The number of nitrogens with one attached hydrogen (secondary N) is 1. The van der Waals surface area contributed by atoms with Crippen LogP contribution in [-0.2, 0) is 19.4 Å². The molecule has 1 aliphatic rings. The summed E-state index contributed by atoms with van der Waals surface area (Å²) in [5.41, 5.74) is 0. The Kier molecular flexibility index (Phi) is 4.80. The minimum Gasteiger partial charge on any atom is -0.353 e. The summed E-state index contributed by atoms with van der Waals surface area (Å²) in [5, 5.41) is 2.63. The monoisotopic (exact) mass is 328 g/mol. The van der Waals surface area contributed by atoms with E-state index in [9.17, 15) is 22.4 Å². The molecule has 1 saturated heterocycles. The van der Waals surface area contributed by atoms with Gasteiger partial charge < -0.3 is 10.2 Å². The number of benzene rings is 1. The van der Waals surface area contributed by atoms with E-state index in [0.29, 0.717) is 13.1 Å². The van der Waals surface area contributed by atoms with Crippen molar-refractivity contribution in [3.63, 3.8) is 0 Å². The molecule has 0 saturated carbocycles. The molecule has 0 radical (unpaired) electrons. The van der Waals surface area contributed by atoms with Gasteiger partial charge in [-0.2, -0.15) is 0 Å². The van der Waals surface area contributed by atoms with Gasteiger partial charge in [0.05, 0.1) is 10.6 Å². The van der Waals surface area contributed by atoms with Crippen molar-refractivity contribution >= 4 is 21.7 Å². The average Bonchev–Trinajstić information content (AvgIpc) is 2.48. The van der Waals surface area contributed by atoms with Crippen molar-refractivity contribution in [2.24, 2.45) is 0 Å². The maximum atomic E-state index is 12.8. The van der Waals surface area contributed by atoms with E-state index in [4.69, 9.17) is 0 Å². The van der Waals surface area contributed by atoms with Crippen molar-refractivity contribution in [3.05, 3.63) is 30.1 Å². The number of carbonyl (C=O) groups is 2. The molecule has 2 rings (SSSR count). The molecule has 1 N–H and O–H groups in total. The van der Waals surface area contributed by atoms with E-state index < -0.39 is 21.7 Å². The zero-order chi connectivity index (χ0) is 16.3. The highest BCUT2D eigenvalue weighted by Gasteiger charge is 2.29. The van der Waals surface area contributed by atoms with Crippen molar-refractivity contribution < 1.29 is 22.4 Å². The van der Waals surface area contributed by atoms with E-state index in [2.05, 4.69) is 5.32 Å². The maximum absolute atomic E-state index is 12.8. The van der Waals surface area contributed by atoms with Crippen LogP contribution in [0.2, 0.25) is 0 Å². The molecule has 0 aromatic heterocycles. The van der Waals surface area contributed by atoms with E-state index in [1.807, 2.05) is 0 Å². The van der Waals surface area contributed by atoms with Crippen LogP contribution in [0.3, 0.4) is 0 Å². The molecule has 6 nitrogen and oxygen atoms in total. The smallest absolute Gasteiger partial charge is 0.242 e. The molecule has 1 atom stereocenters. The summed E-state index contributed by atoms with van der Waals surface area (Å²) in [5.74, 6) is -1.53. The van der Waals surface area contributed by atoms with Gasteiger partial charge in [0.25, 0.3) is 0 Å². The Hall–Kier alpha value is -1.96. The van der Waals surface area contributed by atoms with Crippen molar-refractivity contribution in [1.82, 2.24) is 10.2 Å². The fraction of sp³-hybridized carbons (Fsp3) is 0.429. The van der Waals surface area contributed by atoms with Gasteiger partial charge >= 0.3 is 0 Å². The van der Waals surface area contributed by atoms with Crippen molar-refractivity contribution in [1.29, 1.82) is 0 Å². The van der Waals surface area contributed by atoms with Gasteiger partial charge in [0.1, 0.15) is 11.9 Å². The van der Waals surface area contributed by atoms with Gasteiger partial charge in [0.2, 0.25) is 11.8 Å². The van der Waals surface area contributed by atoms with E-state index >= 15 is 0 Å². The Morgan fingerprint density at radius 1 is 1.36 bits per heavy atom. The molecule has 2 amide bonds. The van der Waals surface area contributed by atoms with Crippen LogP contribution < -0.4 is 5.32 Å². The Balaban J connectivity index is 2.01. The van der Waals surface area contributed by atoms with Crippen LogP contribution in [0.4, 0.5) is 4.39 Å². The number of hydrogen-bond acceptors (Lipinski definition) is 4. The molecule has 8 heteroatoms. The maximum Gasteiger partial charge on any atom is 0.242 e. The van der Waals surface area contributed by atoms with Gasteiger partial charge in [0.15, 0.2) is 9.84 Å². The first kappa shape index (κ1) is 16.4. The lowest BCUT2D eigenvalue weighted by Gasteiger charge is -2.32. The Bertz CT molecular complexity index is 673. The zero-order valence-electron chi connectivity index (χ0n) is 12.1. The summed E-state index contributed by atoms with van der Waals surface area (Å²) in [6.07, 6.45) is -0.211. The molecule has 1 heterocycles. The largest absolute Gasteiger partial charge is 0.353 e. The topological polar surface area (TPSA) is 83.6 Å². The highest BCUT2D eigenvalue weighted by Crippen LogP contribution is 2.14. The highest BCUT2D eigenvalue weighted by atomic mass is 32.2. The third-order valence-electron chi connectivity index (χ3n) is 3.58. The number of nitrogens with zero attached hydrogens (tertiary/aromatic N) is 1. The van der Waals surface area contributed by atoms with Crippen molar-refractivity contribution in [3.8, 4) is 0 Å². The third kappa shape index (κ3) is 3.62. The second-order valence-electron chi connectivity index (χ2n) is 5.08. The molecular formula is C14H17FN2O4S. The number of rotatable bonds is 4. The number of hydrogen-bond donors (Lipinski definition) is 1. The number of halogens is 1. The van der Waals surface area contributed by atoms with Gasteiger partial charge in [-0.1, -0.05) is 0 Å². The summed E-state index contributed by atoms with van der Waals surface area (Å²) in [4.78, 5) is 25.0. The molecule has 1 aliphatic heterocycles. The Morgan fingerprint density at radius 2 is 2.00 bits per heavy atom. The van der Waals surface area contributed by atoms with Crippen LogP contribution in [0.15, 0.2) is 29.2 Å². The molecule has 1 aromatic rings. The second kappa shape index (κ2) is 6.43. The summed E-state index contributed by atoms with van der Waals surface area (Å²) in [6, 6.07) is 3.87. The van der Waals surface area contributed by atoms with E-state index in [1.165, 1.54) is 17.0 Å². The lowest BCUT2D eigenvalue weighted by molar-refractivity contribution is -0.142. The number of sulfone groups is 1. The van der Waals surface area contributed by atoms with Crippen molar-refractivity contribution in [2.45, 2.75) is 24.3 Å². The first-order chi connectivity index (χ1) is 10.3. The van der Waals surface area contributed by atoms with Crippen LogP contribution in [0.25, 0.3) is 0 Å². The van der Waals surface area contributed by atoms with Gasteiger partial charge in [-0.15, -0.1) is 0 Å². The SMILES string of the molecule is CC1C(=O)NCCN1C(=O)CCS(=O)(=O)c1ccc(F)cc1. The Morgan fingerprint density at radius 3 is 2.64 bits per heavy atom. The lowest BCUT2D eigenvalue weighted by atomic mass is 10.2. The van der Waals surface area contributed by atoms with Gasteiger partial charge in [-0.25, -0.2) is 12.8 Å². The number of carbonyl (C=O) groups excluding carboxylic acids is 2. The Labute approximate surface area is 128 Å². The zero-order valence-corrected chi connectivity index (χ0v) is 12.9. The first-order valence-electron chi connectivity index (χ1n) is 6.87. The standard InChI is InChI=1S/C14H17FN2O4S/c1-10-14(19)16-7-8-17(10)13(18)6-9-22(20,21)12-4-2-11(15)3-5-12/h2-5,10H,6-9H2,1H3,(H,16,19). The lowest BCUT2D eigenvalue weighted by Crippen LogP contribution is -2.56. The van der Waals surface area contributed by atoms with Gasteiger partial charge in [-0.3, -0.25) is 9.59 Å². The molecule has 0 spiro atoms. The fourth-order valence-corrected chi connectivity index (χ4v) is 3.48. The molecule has 1 fully saturated rings. The summed E-state index contributed by atoms with van der Waals surface area (Å²) in [6.45, 7) is 2.32. The summed E-state index contributed by atoms with van der Waals surface area (Å²) >= 11 is 0. The molecule has 0 aliphatic carbocycles. The predicted molar refractivity (Wildman–Crippen MR) is 77.3 cm³/mol. The second-order valence-corrected chi connectivity index (χ2v) is 7.19. The van der Waals surface area contributed by atoms with E-state index in [1.54, 1.807) is 6.92 Å². The quantitative estimate of drug-likeness (QED) is 0.808. The highest BCUT2D eigenvalue weighted by molar-refractivity contribution is 7.91. The van der Waals surface area contributed by atoms with Crippen LogP contribution in [0.1, 0.15) is 13.3 Å². The van der Waals surface area contributed by atoms with Gasteiger partial charge in [-0.05, 0) is 31.2 Å². The van der Waals surface area contributed by atoms with E-state index in [-0.39, 0.29) is 28.9 Å². The number of amides is 2. The first-order valence-corrected chi connectivity index (χ1v) is 8.52. The third-order valence-corrected chi connectivity index (χ3v) is 5.31. The fourth-order valence-electron chi connectivity index (χ4n) is 2.25. The predicted octanol–water partition coefficient (Wildman–Crippen LogP) is 0.336. The van der Waals surface area contributed by atoms with Crippen LogP contribution in [0.5, 0.6) is 0 Å². The van der Waals surface area contributed by atoms with E-state index in [0.717, 1.165) is 12.1 Å². The average molecular weight is 328 g/mol. The van der Waals surface area contributed by atoms with Crippen LogP contribution in [0, 0.1) is 5.82 Å². The molecule has 0 bridgehead atoms. The molecule has 1 unspecified atom stereocenters. The van der Waals surface area contributed by atoms with Crippen LogP contribution >= 0.6 is 0 Å². The summed E-state index contributed by atoms with van der Waals surface area (Å²) < 4.78 is 37.0. The molecule has 1 aromatic carbocycles. The van der Waals surface area contributed by atoms with Gasteiger partial charge in [0, 0.05) is 19.5 Å². The normalized spacial score (nSPS) is 18.9. The van der Waals surface area contributed by atoms with Crippen LogP contribution in [-0.4, -0.2) is 50.0 Å².